The zero-order valence-corrected chi connectivity index (χ0v) is 12.7. The van der Waals surface area contributed by atoms with Crippen molar-refractivity contribution < 1.29 is 14.3 Å². The first-order valence-electron chi connectivity index (χ1n) is 7.17. The number of benzene rings is 1. The molecule has 0 radical (unpaired) electrons. The van der Waals surface area contributed by atoms with Gasteiger partial charge in [0.05, 0.1) is 5.54 Å². The highest BCUT2D eigenvalue weighted by Gasteiger charge is 2.37. The van der Waals surface area contributed by atoms with E-state index >= 15 is 0 Å². The van der Waals surface area contributed by atoms with Gasteiger partial charge in [-0.3, -0.25) is 9.69 Å². The molecule has 4 nitrogen and oxygen atoms in total. The molecule has 1 heterocycles. The zero-order chi connectivity index (χ0) is 14.8. The van der Waals surface area contributed by atoms with Crippen LogP contribution in [0.15, 0.2) is 18.2 Å². The Kier molecular flexibility index (Phi) is 4.33. The summed E-state index contributed by atoms with van der Waals surface area (Å²) in [5.41, 5.74) is 0.232. The number of likely N-dealkylation sites (N-methyl/N-ethyl adjacent to an activating group) is 1. The van der Waals surface area contributed by atoms with E-state index in [1.54, 1.807) is 6.07 Å². The fraction of sp³-hybridized carbons (Fsp3) is 0.562. The number of carbonyl (C=O) groups is 1. The average molecular weight is 277 g/mol. The summed E-state index contributed by atoms with van der Waals surface area (Å²) in [4.78, 5) is 14.9. The van der Waals surface area contributed by atoms with Gasteiger partial charge in [0.25, 0.3) is 0 Å². The molecule has 20 heavy (non-hydrogen) atoms. The highest BCUT2D eigenvalue weighted by atomic mass is 16.6. The van der Waals surface area contributed by atoms with E-state index in [4.69, 9.17) is 9.47 Å². The predicted octanol–water partition coefficient (Wildman–Crippen LogP) is 2.76. The second-order valence-corrected chi connectivity index (χ2v) is 5.32. The first kappa shape index (κ1) is 14.9. The quantitative estimate of drug-likeness (QED) is 0.776. The maximum absolute atomic E-state index is 12.9. The van der Waals surface area contributed by atoms with Gasteiger partial charge >= 0.3 is 0 Å². The second kappa shape index (κ2) is 5.83. The molecule has 1 aliphatic rings. The molecule has 0 saturated heterocycles. The largest absolute Gasteiger partial charge is 0.486 e. The van der Waals surface area contributed by atoms with E-state index in [9.17, 15) is 4.79 Å². The van der Waals surface area contributed by atoms with Gasteiger partial charge in [-0.15, -0.1) is 0 Å². The van der Waals surface area contributed by atoms with E-state index in [-0.39, 0.29) is 5.78 Å². The van der Waals surface area contributed by atoms with Crippen LogP contribution in [-0.4, -0.2) is 43.5 Å². The lowest BCUT2D eigenvalue weighted by Gasteiger charge is -2.37. The van der Waals surface area contributed by atoms with Crippen LogP contribution in [0.25, 0.3) is 0 Å². The predicted molar refractivity (Wildman–Crippen MR) is 78.8 cm³/mol. The zero-order valence-electron chi connectivity index (χ0n) is 12.7. The van der Waals surface area contributed by atoms with Gasteiger partial charge in [0.1, 0.15) is 13.2 Å². The molecular formula is C16H23NO3. The van der Waals surface area contributed by atoms with Crippen LogP contribution < -0.4 is 9.47 Å². The van der Waals surface area contributed by atoms with Gasteiger partial charge in [-0.1, -0.05) is 13.8 Å². The Bertz CT molecular complexity index is 492. The topological polar surface area (TPSA) is 38.8 Å². The van der Waals surface area contributed by atoms with Crippen LogP contribution in [-0.2, 0) is 0 Å². The third kappa shape index (κ3) is 2.40. The monoisotopic (exact) mass is 277 g/mol. The lowest BCUT2D eigenvalue weighted by molar-refractivity contribution is 0.0655. The number of fused-ring (bicyclic) bond motifs is 1. The molecule has 0 amide bonds. The Morgan fingerprint density at radius 1 is 1.15 bits per heavy atom. The molecule has 1 aromatic rings. The summed E-state index contributed by atoms with van der Waals surface area (Å²) in [5, 5.41) is 0. The van der Waals surface area contributed by atoms with Crippen molar-refractivity contribution in [1.82, 2.24) is 4.90 Å². The first-order valence-corrected chi connectivity index (χ1v) is 7.17. The Labute approximate surface area is 120 Å². The highest BCUT2D eigenvalue weighted by molar-refractivity contribution is 6.03. The van der Waals surface area contributed by atoms with Crippen LogP contribution in [0.3, 0.4) is 0 Å². The van der Waals surface area contributed by atoms with Crippen molar-refractivity contribution in [3.8, 4) is 11.5 Å². The van der Waals surface area contributed by atoms with Crippen LogP contribution in [0, 0.1) is 0 Å². The van der Waals surface area contributed by atoms with Crippen LogP contribution in [0.4, 0.5) is 0 Å². The lowest BCUT2D eigenvalue weighted by Crippen LogP contribution is -2.50. The molecular weight excluding hydrogens is 254 g/mol. The summed E-state index contributed by atoms with van der Waals surface area (Å²) in [6.07, 6.45) is 1.56. The van der Waals surface area contributed by atoms with E-state index in [1.807, 2.05) is 31.1 Å². The Morgan fingerprint density at radius 2 is 1.75 bits per heavy atom. The Hall–Kier alpha value is -1.55. The van der Waals surface area contributed by atoms with Crippen molar-refractivity contribution in [3.63, 3.8) is 0 Å². The maximum Gasteiger partial charge on any atom is 0.183 e. The van der Waals surface area contributed by atoms with Gasteiger partial charge in [0.2, 0.25) is 0 Å². The molecule has 0 bridgehead atoms. The minimum absolute atomic E-state index is 0.143. The summed E-state index contributed by atoms with van der Waals surface area (Å²) in [6, 6.07) is 5.47. The smallest absolute Gasteiger partial charge is 0.183 e. The molecule has 1 aromatic carbocycles. The van der Waals surface area contributed by atoms with Gasteiger partial charge in [-0.2, -0.15) is 0 Å². The molecule has 0 N–H and O–H groups in total. The second-order valence-electron chi connectivity index (χ2n) is 5.32. The van der Waals surface area contributed by atoms with Gasteiger partial charge in [0.15, 0.2) is 17.3 Å². The Morgan fingerprint density at radius 3 is 2.30 bits per heavy atom. The highest BCUT2D eigenvalue weighted by Crippen LogP contribution is 2.34. The molecule has 1 aliphatic heterocycles. The summed E-state index contributed by atoms with van der Waals surface area (Å²) >= 11 is 0. The molecule has 0 fully saturated rings. The molecule has 0 aromatic heterocycles. The average Bonchev–Trinajstić information content (AvgIpc) is 2.48. The van der Waals surface area contributed by atoms with Crippen LogP contribution in [0.2, 0.25) is 0 Å². The number of carbonyl (C=O) groups excluding carboxylic acids is 1. The number of ketones is 1. The summed E-state index contributed by atoms with van der Waals surface area (Å²) in [7, 11) is 3.92. The Balaban J connectivity index is 2.37. The summed E-state index contributed by atoms with van der Waals surface area (Å²) in [6.45, 7) is 5.20. The van der Waals surface area contributed by atoms with Crippen molar-refractivity contribution in [1.29, 1.82) is 0 Å². The van der Waals surface area contributed by atoms with Crippen molar-refractivity contribution in [2.24, 2.45) is 0 Å². The number of ether oxygens (including phenoxy) is 2. The maximum atomic E-state index is 12.9. The van der Waals surface area contributed by atoms with Crippen LogP contribution in [0.1, 0.15) is 37.0 Å². The van der Waals surface area contributed by atoms with Gasteiger partial charge in [0, 0.05) is 5.56 Å². The normalized spacial score (nSPS) is 14.4. The molecule has 2 rings (SSSR count). The standard InChI is InChI=1S/C16H23NO3/c1-5-16(6-2,17(3)4)15(18)12-7-8-13-14(11-12)20-10-9-19-13/h7-8,11H,5-6,9-10H2,1-4H3. The number of nitrogens with zero attached hydrogens (tertiary/aromatic N) is 1. The molecule has 0 aliphatic carbocycles. The number of Topliss-reactive ketones (excluding diaryl/α,β-unsaturated/α-hetero) is 1. The fourth-order valence-electron chi connectivity index (χ4n) is 2.86. The molecule has 0 spiro atoms. The van der Waals surface area contributed by atoms with Crippen molar-refractivity contribution >= 4 is 5.78 Å². The van der Waals surface area contributed by atoms with E-state index in [0.29, 0.717) is 24.5 Å². The molecule has 0 saturated carbocycles. The fourth-order valence-corrected chi connectivity index (χ4v) is 2.86. The molecule has 0 unspecified atom stereocenters. The van der Waals surface area contributed by atoms with Crippen molar-refractivity contribution in [2.75, 3.05) is 27.3 Å². The minimum Gasteiger partial charge on any atom is -0.486 e. The first-order chi connectivity index (χ1) is 9.55. The number of hydrogen-bond acceptors (Lipinski definition) is 4. The molecule has 0 atom stereocenters. The molecule has 110 valence electrons. The number of rotatable bonds is 5. The van der Waals surface area contributed by atoms with Crippen LogP contribution >= 0.6 is 0 Å². The van der Waals surface area contributed by atoms with Crippen molar-refractivity contribution in [2.45, 2.75) is 32.2 Å². The molecule has 4 heteroatoms. The van der Waals surface area contributed by atoms with Gasteiger partial charge in [-0.25, -0.2) is 0 Å². The van der Waals surface area contributed by atoms with E-state index in [1.165, 1.54) is 0 Å². The van der Waals surface area contributed by atoms with Crippen LogP contribution in [0.5, 0.6) is 11.5 Å². The lowest BCUT2D eigenvalue weighted by atomic mass is 9.83. The van der Waals surface area contributed by atoms with E-state index < -0.39 is 5.54 Å². The van der Waals surface area contributed by atoms with E-state index in [0.717, 1.165) is 18.6 Å². The number of hydrogen-bond donors (Lipinski definition) is 0. The minimum atomic E-state index is -0.455. The SMILES string of the molecule is CCC(CC)(C(=O)c1ccc2c(c1)OCCO2)N(C)C. The summed E-state index contributed by atoms with van der Waals surface area (Å²) in [5.74, 6) is 1.53. The third-order valence-electron chi connectivity index (χ3n) is 4.25. The van der Waals surface area contributed by atoms with Crippen molar-refractivity contribution in [3.05, 3.63) is 23.8 Å². The summed E-state index contributed by atoms with van der Waals surface area (Å²) < 4.78 is 11.1. The van der Waals surface area contributed by atoms with Gasteiger partial charge < -0.3 is 9.47 Å². The van der Waals surface area contributed by atoms with E-state index in [2.05, 4.69) is 13.8 Å². The van der Waals surface area contributed by atoms with Gasteiger partial charge in [-0.05, 0) is 45.1 Å². The third-order valence-corrected chi connectivity index (χ3v) is 4.25.